The van der Waals surface area contributed by atoms with Gasteiger partial charge in [0.05, 0.1) is 33.1 Å². The number of nitrogens with one attached hydrogen (secondary N) is 1. The van der Waals surface area contributed by atoms with Crippen LogP contribution in [0, 0.1) is 6.92 Å². The molecule has 0 aliphatic carbocycles. The zero-order valence-electron chi connectivity index (χ0n) is 16.2. The third kappa shape index (κ3) is 4.65. The van der Waals surface area contributed by atoms with Gasteiger partial charge in [0.2, 0.25) is 5.95 Å². The van der Waals surface area contributed by atoms with Crippen LogP contribution in [-0.2, 0) is 4.74 Å². The van der Waals surface area contributed by atoms with Gasteiger partial charge in [0, 0.05) is 30.4 Å². The quantitative estimate of drug-likeness (QED) is 0.617. The van der Waals surface area contributed by atoms with Crippen LogP contribution in [0.5, 0.6) is 11.5 Å². The van der Waals surface area contributed by atoms with Crippen LogP contribution in [0.3, 0.4) is 0 Å². The van der Waals surface area contributed by atoms with Gasteiger partial charge in [0.25, 0.3) is 0 Å². The van der Waals surface area contributed by atoms with Gasteiger partial charge >= 0.3 is 0 Å². The smallest absolute Gasteiger partial charge is 0.227 e. The lowest BCUT2D eigenvalue weighted by atomic mass is 10.1. The Morgan fingerprint density at radius 2 is 1.85 bits per heavy atom. The number of aromatic nitrogens is 2. The molecule has 3 rings (SSSR count). The van der Waals surface area contributed by atoms with Crippen molar-refractivity contribution in [1.82, 2.24) is 9.97 Å². The molecule has 0 unspecified atom stereocenters. The Morgan fingerprint density at radius 1 is 1.11 bits per heavy atom. The molecule has 27 heavy (non-hydrogen) atoms. The fourth-order valence-electron chi connectivity index (χ4n) is 2.78. The van der Waals surface area contributed by atoms with Crippen LogP contribution in [0.2, 0.25) is 0 Å². The lowest BCUT2D eigenvalue weighted by Gasteiger charge is -2.27. The summed E-state index contributed by atoms with van der Waals surface area (Å²) in [4.78, 5) is 11.2. The van der Waals surface area contributed by atoms with E-state index in [1.807, 2.05) is 38.1 Å². The average Bonchev–Trinajstić information content (AvgIpc) is 2.71. The maximum absolute atomic E-state index is 5.39. The first-order chi connectivity index (χ1) is 13.1. The Hall–Kier alpha value is -2.87. The molecule has 0 bridgehead atoms. The molecule has 144 valence electrons. The van der Waals surface area contributed by atoms with Crippen molar-refractivity contribution in [2.24, 2.45) is 5.10 Å². The highest BCUT2D eigenvalue weighted by molar-refractivity contribution is 5.99. The van der Waals surface area contributed by atoms with Crippen LogP contribution in [0.25, 0.3) is 0 Å². The van der Waals surface area contributed by atoms with Crippen molar-refractivity contribution >= 4 is 17.5 Å². The Morgan fingerprint density at radius 3 is 2.56 bits per heavy atom. The van der Waals surface area contributed by atoms with E-state index in [0.29, 0.717) is 36.5 Å². The topological polar surface area (TPSA) is 81.1 Å². The lowest BCUT2D eigenvalue weighted by Crippen LogP contribution is -2.37. The molecule has 2 heterocycles. The summed E-state index contributed by atoms with van der Waals surface area (Å²) in [5.74, 6) is 2.70. The fraction of sp³-hybridized carbons (Fsp3) is 0.421. The average molecular weight is 371 g/mol. The molecule has 2 aromatic rings. The van der Waals surface area contributed by atoms with E-state index in [2.05, 4.69) is 25.4 Å². The summed E-state index contributed by atoms with van der Waals surface area (Å²) >= 11 is 0. The number of methoxy groups -OCH3 is 2. The second kappa shape index (κ2) is 8.68. The van der Waals surface area contributed by atoms with E-state index in [0.717, 1.165) is 30.1 Å². The summed E-state index contributed by atoms with van der Waals surface area (Å²) in [5, 5.41) is 4.46. The van der Waals surface area contributed by atoms with Crippen molar-refractivity contribution in [3.63, 3.8) is 0 Å². The summed E-state index contributed by atoms with van der Waals surface area (Å²) in [7, 11) is 3.23. The summed E-state index contributed by atoms with van der Waals surface area (Å²) < 4.78 is 16.0. The molecule has 8 nitrogen and oxygen atoms in total. The van der Waals surface area contributed by atoms with Gasteiger partial charge in [-0.3, -0.25) is 5.43 Å². The van der Waals surface area contributed by atoms with Gasteiger partial charge < -0.3 is 19.1 Å². The highest BCUT2D eigenvalue weighted by atomic mass is 16.5. The summed E-state index contributed by atoms with van der Waals surface area (Å²) in [6, 6.07) is 7.56. The highest BCUT2D eigenvalue weighted by Crippen LogP contribution is 2.27. The van der Waals surface area contributed by atoms with Crippen LogP contribution in [0.15, 0.2) is 29.4 Å². The van der Waals surface area contributed by atoms with Crippen molar-refractivity contribution in [1.29, 1.82) is 0 Å². The van der Waals surface area contributed by atoms with E-state index in [4.69, 9.17) is 14.2 Å². The standard InChI is InChI=1S/C19H25N5O3/c1-13-11-18(21-19(20-13)24-7-9-27-10-8-24)23-22-14(2)15-5-6-16(25-3)17(12-15)26-4/h5-6,11-12H,7-10H2,1-4H3,(H,20,21,23)/b22-14+. The minimum absolute atomic E-state index is 0.656. The molecule has 1 N–H and O–H groups in total. The summed E-state index contributed by atoms with van der Waals surface area (Å²) in [6.07, 6.45) is 0. The number of aryl methyl sites for hydroxylation is 1. The first kappa shape index (κ1) is 18.9. The van der Waals surface area contributed by atoms with E-state index in [-0.39, 0.29) is 0 Å². The zero-order valence-corrected chi connectivity index (χ0v) is 16.2. The Labute approximate surface area is 159 Å². The van der Waals surface area contributed by atoms with Crippen LogP contribution in [0.4, 0.5) is 11.8 Å². The van der Waals surface area contributed by atoms with Crippen LogP contribution in [-0.4, -0.2) is 56.2 Å². The number of hydrazone groups is 1. The number of rotatable bonds is 6. The molecule has 0 spiro atoms. The van der Waals surface area contributed by atoms with Crippen LogP contribution >= 0.6 is 0 Å². The SMILES string of the molecule is COc1ccc(/C(C)=N/Nc2cc(C)nc(N3CCOCC3)n2)cc1OC. The van der Waals surface area contributed by atoms with E-state index in [1.165, 1.54) is 0 Å². The molecule has 1 aromatic carbocycles. The normalized spacial score (nSPS) is 14.8. The Kier molecular flexibility index (Phi) is 6.08. The third-order valence-corrected chi connectivity index (χ3v) is 4.28. The third-order valence-electron chi connectivity index (χ3n) is 4.28. The lowest BCUT2D eigenvalue weighted by molar-refractivity contribution is 0.122. The molecule has 1 saturated heterocycles. The number of morpholine rings is 1. The summed E-state index contributed by atoms with van der Waals surface area (Å²) in [6.45, 7) is 6.83. The van der Waals surface area contributed by atoms with Gasteiger partial charge in [-0.1, -0.05) is 0 Å². The zero-order chi connectivity index (χ0) is 19.2. The molecular formula is C19H25N5O3. The van der Waals surface area contributed by atoms with E-state index in [1.54, 1.807) is 14.2 Å². The first-order valence-corrected chi connectivity index (χ1v) is 8.82. The molecule has 8 heteroatoms. The van der Waals surface area contributed by atoms with Gasteiger partial charge in [0.15, 0.2) is 17.3 Å². The minimum atomic E-state index is 0.656. The number of hydrogen-bond acceptors (Lipinski definition) is 8. The second-order valence-electron chi connectivity index (χ2n) is 6.17. The van der Waals surface area contributed by atoms with E-state index in [9.17, 15) is 0 Å². The largest absolute Gasteiger partial charge is 0.493 e. The predicted octanol–water partition coefficient (Wildman–Crippen LogP) is 2.47. The number of ether oxygens (including phenoxy) is 3. The molecular weight excluding hydrogens is 346 g/mol. The first-order valence-electron chi connectivity index (χ1n) is 8.82. The molecule has 1 fully saturated rings. The molecule has 0 amide bonds. The predicted molar refractivity (Wildman–Crippen MR) is 105 cm³/mol. The highest BCUT2D eigenvalue weighted by Gasteiger charge is 2.15. The van der Waals surface area contributed by atoms with Gasteiger partial charge in [-0.05, 0) is 32.0 Å². The summed E-state index contributed by atoms with van der Waals surface area (Å²) in [5.41, 5.74) is 5.65. The minimum Gasteiger partial charge on any atom is -0.493 e. The van der Waals surface area contributed by atoms with Gasteiger partial charge in [-0.25, -0.2) is 4.98 Å². The Balaban J connectivity index is 1.77. The molecule has 0 saturated carbocycles. The van der Waals surface area contributed by atoms with Gasteiger partial charge in [0.1, 0.15) is 0 Å². The van der Waals surface area contributed by atoms with Crippen molar-refractivity contribution in [3.05, 3.63) is 35.5 Å². The van der Waals surface area contributed by atoms with Gasteiger partial charge in [-0.15, -0.1) is 0 Å². The van der Waals surface area contributed by atoms with E-state index >= 15 is 0 Å². The van der Waals surface area contributed by atoms with Crippen LogP contribution < -0.4 is 19.8 Å². The Bertz CT molecular complexity index is 819. The molecule has 1 aliphatic rings. The van der Waals surface area contributed by atoms with Crippen molar-refractivity contribution < 1.29 is 14.2 Å². The molecule has 1 aliphatic heterocycles. The number of benzene rings is 1. The maximum atomic E-state index is 5.39. The molecule has 1 aromatic heterocycles. The number of nitrogens with zero attached hydrogens (tertiary/aromatic N) is 4. The fourth-order valence-corrected chi connectivity index (χ4v) is 2.78. The van der Waals surface area contributed by atoms with Crippen LogP contribution in [0.1, 0.15) is 18.2 Å². The van der Waals surface area contributed by atoms with Crippen molar-refractivity contribution in [2.45, 2.75) is 13.8 Å². The second-order valence-corrected chi connectivity index (χ2v) is 6.17. The van der Waals surface area contributed by atoms with Crippen molar-refractivity contribution in [2.75, 3.05) is 50.8 Å². The number of anilines is 2. The maximum Gasteiger partial charge on any atom is 0.227 e. The monoisotopic (exact) mass is 371 g/mol. The number of hydrogen-bond donors (Lipinski definition) is 1. The van der Waals surface area contributed by atoms with Crippen molar-refractivity contribution in [3.8, 4) is 11.5 Å². The van der Waals surface area contributed by atoms with Gasteiger partial charge in [-0.2, -0.15) is 10.1 Å². The van der Waals surface area contributed by atoms with E-state index < -0.39 is 0 Å². The molecule has 0 radical (unpaired) electrons. The molecule has 0 atom stereocenters.